The number of amides is 1. The highest BCUT2D eigenvalue weighted by atomic mass is 19.1. The van der Waals surface area contributed by atoms with E-state index in [9.17, 15) is 9.18 Å². The van der Waals surface area contributed by atoms with E-state index in [1.807, 2.05) is 6.92 Å². The van der Waals surface area contributed by atoms with Crippen LogP contribution in [0.1, 0.15) is 18.9 Å². The summed E-state index contributed by atoms with van der Waals surface area (Å²) in [5.74, 6) is -0.645. The summed E-state index contributed by atoms with van der Waals surface area (Å²) in [6.07, 6.45) is -0.462. The molecule has 5 nitrogen and oxygen atoms in total. The number of nitrogens with zero attached hydrogens (tertiary/aromatic N) is 1. The number of ether oxygens (including phenoxy) is 1. The summed E-state index contributed by atoms with van der Waals surface area (Å²) >= 11 is 0. The van der Waals surface area contributed by atoms with Crippen LogP contribution in [0, 0.1) is 5.82 Å². The predicted molar refractivity (Wildman–Crippen MR) is 71.9 cm³/mol. The van der Waals surface area contributed by atoms with Crippen molar-refractivity contribution >= 4 is 11.6 Å². The molecule has 2 atom stereocenters. The van der Waals surface area contributed by atoms with Gasteiger partial charge in [-0.05, 0) is 13.0 Å². The summed E-state index contributed by atoms with van der Waals surface area (Å²) in [7, 11) is 1.56. The highest BCUT2D eigenvalue weighted by Crippen LogP contribution is 2.19. The third-order valence-electron chi connectivity index (χ3n) is 2.95. The minimum absolute atomic E-state index is 0.117. The van der Waals surface area contributed by atoms with Crippen molar-refractivity contribution in [3.63, 3.8) is 0 Å². The van der Waals surface area contributed by atoms with Gasteiger partial charge in [-0.15, -0.1) is 0 Å². The quantitative estimate of drug-likeness (QED) is 0.888. The third-order valence-corrected chi connectivity index (χ3v) is 2.95. The second kappa shape index (κ2) is 6.47. The molecule has 0 aliphatic carbocycles. The van der Waals surface area contributed by atoms with Crippen LogP contribution in [0.15, 0.2) is 29.4 Å². The summed E-state index contributed by atoms with van der Waals surface area (Å²) in [4.78, 5) is 17.0. The normalized spacial score (nSPS) is 19.1. The molecule has 0 saturated carbocycles. The van der Waals surface area contributed by atoms with Crippen molar-refractivity contribution in [3.8, 4) is 0 Å². The molecule has 1 amide bonds. The van der Waals surface area contributed by atoms with Crippen molar-refractivity contribution in [2.75, 3.05) is 13.7 Å². The van der Waals surface area contributed by atoms with E-state index in [2.05, 4.69) is 10.5 Å². The van der Waals surface area contributed by atoms with Gasteiger partial charge in [0.25, 0.3) is 5.91 Å². The fourth-order valence-corrected chi connectivity index (χ4v) is 2.00. The number of carbonyl (C=O) groups excluding carboxylic acids is 1. The van der Waals surface area contributed by atoms with Gasteiger partial charge in [0.15, 0.2) is 0 Å². The zero-order valence-corrected chi connectivity index (χ0v) is 11.4. The summed E-state index contributed by atoms with van der Waals surface area (Å²) in [5.41, 5.74) is 0.815. The maximum absolute atomic E-state index is 13.6. The molecular formula is C14H17FN2O3. The molecule has 20 heavy (non-hydrogen) atoms. The molecular weight excluding hydrogens is 263 g/mol. The Morgan fingerprint density at radius 1 is 1.60 bits per heavy atom. The van der Waals surface area contributed by atoms with Crippen molar-refractivity contribution in [2.45, 2.75) is 25.5 Å². The highest BCUT2D eigenvalue weighted by molar-refractivity contribution is 6.04. The maximum atomic E-state index is 13.6. The van der Waals surface area contributed by atoms with E-state index in [0.717, 1.165) is 0 Å². The number of carbonyl (C=O) groups is 1. The Hall–Kier alpha value is -1.95. The molecule has 6 heteroatoms. The zero-order valence-electron chi connectivity index (χ0n) is 11.4. The Morgan fingerprint density at radius 3 is 3.05 bits per heavy atom. The molecule has 0 aromatic heterocycles. The predicted octanol–water partition coefficient (Wildman–Crippen LogP) is 1.47. The molecule has 108 valence electrons. The first-order chi connectivity index (χ1) is 9.61. The van der Waals surface area contributed by atoms with Gasteiger partial charge >= 0.3 is 0 Å². The number of hydrogen-bond acceptors (Lipinski definition) is 4. The first kappa shape index (κ1) is 14.5. The minimum Gasteiger partial charge on any atom is -0.383 e. The molecule has 0 spiro atoms. The fourth-order valence-electron chi connectivity index (χ4n) is 2.00. The fraction of sp³-hybridized carbons (Fsp3) is 0.429. The van der Waals surface area contributed by atoms with Gasteiger partial charge in [0.1, 0.15) is 5.82 Å². The highest BCUT2D eigenvalue weighted by Gasteiger charge is 2.30. The molecule has 1 N–H and O–H groups in total. The molecule has 2 rings (SSSR count). The van der Waals surface area contributed by atoms with Gasteiger partial charge in [-0.25, -0.2) is 4.39 Å². The van der Waals surface area contributed by atoms with E-state index >= 15 is 0 Å². The van der Waals surface area contributed by atoms with Crippen LogP contribution < -0.4 is 5.32 Å². The number of hydrogen-bond donors (Lipinski definition) is 1. The monoisotopic (exact) mass is 280 g/mol. The van der Waals surface area contributed by atoms with Crippen LogP contribution in [0.4, 0.5) is 4.39 Å². The zero-order chi connectivity index (χ0) is 14.5. The van der Waals surface area contributed by atoms with Gasteiger partial charge < -0.3 is 14.9 Å². The summed E-state index contributed by atoms with van der Waals surface area (Å²) in [5, 5.41) is 6.56. The lowest BCUT2D eigenvalue weighted by molar-refractivity contribution is -0.132. The third kappa shape index (κ3) is 3.33. The molecule has 1 aliphatic rings. The SMILES string of the molecule is COC[C@@H](C)NC(=O)[C@H]1CC(c2ccccc2F)=NO1. The second-order valence-electron chi connectivity index (χ2n) is 4.68. The van der Waals surface area contributed by atoms with E-state index in [1.54, 1.807) is 25.3 Å². The summed E-state index contributed by atoms with van der Waals surface area (Å²) in [6, 6.07) is 6.17. The molecule has 0 bridgehead atoms. The van der Waals surface area contributed by atoms with Crippen LogP contribution in [-0.4, -0.2) is 37.5 Å². The average Bonchev–Trinajstić information content (AvgIpc) is 2.89. The Bertz CT molecular complexity index is 519. The molecule has 1 aromatic rings. The molecule has 0 radical (unpaired) electrons. The number of rotatable bonds is 5. The lowest BCUT2D eigenvalue weighted by atomic mass is 10.0. The summed E-state index contributed by atoms with van der Waals surface area (Å²) in [6.45, 7) is 2.24. The molecule has 0 unspecified atom stereocenters. The van der Waals surface area contributed by atoms with Crippen molar-refractivity contribution < 1.29 is 18.8 Å². The number of nitrogens with one attached hydrogen (secondary N) is 1. The largest absolute Gasteiger partial charge is 0.383 e. The van der Waals surface area contributed by atoms with Gasteiger partial charge in [-0.1, -0.05) is 23.4 Å². The van der Waals surface area contributed by atoms with Crippen LogP contribution in [0.2, 0.25) is 0 Å². The van der Waals surface area contributed by atoms with Crippen LogP contribution in [0.3, 0.4) is 0 Å². The van der Waals surface area contributed by atoms with E-state index in [4.69, 9.17) is 9.57 Å². The van der Waals surface area contributed by atoms with E-state index in [1.165, 1.54) is 6.07 Å². The molecule has 1 aromatic carbocycles. The van der Waals surface area contributed by atoms with Crippen LogP contribution in [0.5, 0.6) is 0 Å². The molecule has 0 saturated heterocycles. The van der Waals surface area contributed by atoms with Gasteiger partial charge in [0.05, 0.1) is 12.3 Å². The minimum atomic E-state index is -0.719. The van der Waals surface area contributed by atoms with Crippen molar-refractivity contribution in [3.05, 3.63) is 35.6 Å². The van der Waals surface area contributed by atoms with Crippen molar-refractivity contribution in [1.82, 2.24) is 5.32 Å². The Labute approximate surface area is 116 Å². The Balaban J connectivity index is 1.95. The first-order valence-electron chi connectivity index (χ1n) is 6.38. The topological polar surface area (TPSA) is 59.9 Å². The van der Waals surface area contributed by atoms with Gasteiger partial charge in [0, 0.05) is 25.1 Å². The lowest BCUT2D eigenvalue weighted by Gasteiger charge is -2.15. The van der Waals surface area contributed by atoms with E-state index in [0.29, 0.717) is 17.9 Å². The van der Waals surface area contributed by atoms with Gasteiger partial charge in [-0.3, -0.25) is 4.79 Å². The van der Waals surface area contributed by atoms with E-state index in [-0.39, 0.29) is 24.2 Å². The van der Waals surface area contributed by atoms with E-state index < -0.39 is 6.10 Å². The molecule has 0 fully saturated rings. The van der Waals surface area contributed by atoms with Crippen LogP contribution >= 0.6 is 0 Å². The average molecular weight is 280 g/mol. The van der Waals surface area contributed by atoms with Gasteiger partial charge in [0.2, 0.25) is 6.10 Å². The number of oxime groups is 1. The van der Waals surface area contributed by atoms with Gasteiger partial charge in [-0.2, -0.15) is 0 Å². The standard InChI is InChI=1S/C14H17FN2O3/c1-9(8-19-2)16-14(18)13-7-12(17-20-13)10-5-3-4-6-11(10)15/h3-6,9,13H,7-8H2,1-2H3,(H,16,18)/t9-,13-/m1/s1. The smallest absolute Gasteiger partial charge is 0.264 e. The molecule has 1 aliphatic heterocycles. The lowest BCUT2D eigenvalue weighted by Crippen LogP contribution is -2.42. The second-order valence-corrected chi connectivity index (χ2v) is 4.68. The number of methoxy groups -OCH3 is 1. The Morgan fingerprint density at radius 2 is 2.35 bits per heavy atom. The Kier molecular flexibility index (Phi) is 4.68. The van der Waals surface area contributed by atoms with Crippen molar-refractivity contribution in [2.24, 2.45) is 5.16 Å². The van der Waals surface area contributed by atoms with Crippen LogP contribution in [0.25, 0.3) is 0 Å². The first-order valence-corrected chi connectivity index (χ1v) is 6.38. The summed E-state index contributed by atoms with van der Waals surface area (Å²) < 4.78 is 18.6. The molecule has 1 heterocycles. The number of benzene rings is 1. The van der Waals surface area contributed by atoms with Crippen LogP contribution in [-0.2, 0) is 14.4 Å². The number of halogens is 1. The van der Waals surface area contributed by atoms with Crippen molar-refractivity contribution in [1.29, 1.82) is 0 Å². The maximum Gasteiger partial charge on any atom is 0.264 e.